The van der Waals surface area contributed by atoms with Gasteiger partial charge in [-0.25, -0.2) is 0 Å². The van der Waals surface area contributed by atoms with Crippen molar-refractivity contribution in [1.29, 1.82) is 0 Å². The van der Waals surface area contributed by atoms with Crippen LogP contribution in [0.1, 0.15) is 27.7 Å². The van der Waals surface area contributed by atoms with E-state index >= 15 is 0 Å². The van der Waals surface area contributed by atoms with Crippen LogP contribution in [0.3, 0.4) is 0 Å². The van der Waals surface area contributed by atoms with Gasteiger partial charge in [0, 0.05) is 9.81 Å². The first-order chi connectivity index (χ1) is 4.46. The predicted octanol–water partition coefficient (Wildman–Crippen LogP) is 3.43. The Morgan fingerprint density at radius 3 is 1.00 bits per heavy atom. The molecule has 0 aromatic rings. The number of hydrogen-bond donors (Lipinski definition) is 2. The van der Waals surface area contributed by atoms with Gasteiger partial charge in [0.05, 0.1) is 0 Å². The Labute approximate surface area is 74.2 Å². The standard InChI is InChI=1S/C8H14S2/c1-5(2)7(9)8(10)6(3)4/h9-10H,1-4H3. The molecule has 0 spiro atoms. The van der Waals surface area contributed by atoms with Crippen molar-refractivity contribution in [2.45, 2.75) is 27.7 Å². The Kier molecular flexibility index (Phi) is 4.22. The largest absolute Gasteiger partial charge is 0.142 e. The number of hydrogen-bond acceptors (Lipinski definition) is 2. The van der Waals surface area contributed by atoms with Crippen molar-refractivity contribution in [3.63, 3.8) is 0 Å². The Morgan fingerprint density at radius 1 is 0.700 bits per heavy atom. The second-order valence-electron chi connectivity index (χ2n) is 2.70. The number of rotatable bonds is 1. The van der Waals surface area contributed by atoms with Gasteiger partial charge in [0.2, 0.25) is 0 Å². The zero-order valence-electron chi connectivity index (χ0n) is 6.89. The molecule has 0 N–H and O–H groups in total. The third-order valence-corrected chi connectivity index (χ3v) is 2.69. The van der Waals surface area contributed by atoms with Crippen LogP contribution in [-0.4, -0.2) is 0 Å². The van der Waals surface area contributed by atoms with E-state index in [1.54, 1.807) is 0 Å². The van der Waals surface area contributed by atoms with Gasteiger partial charge in [-0.05, 0) is 27.7 Å². The lowest BCUT2D eigenvalue weighted by molar-refractivity contribution is 1.33. The lowest BCUT2D eigenvalue weighted by Gasteiger charge is -2.03. The van der Waals surface area contributed by atoms with Crippen LogP contribution in [0.15, 0.2) is 21.0 Å². The van der Waals surface area contributed by atoms with E-state index in [-0.39, 0.29) is 0 Å². The van der Waals surface area contributed by atoms with E-state index in [9.17, 15) is 0 Å². The average Bonchev–Trinajstić information content (AvgIpc) is 1.84. The first-order valence-electron chi connectivity index (χ1n) is 3.20. The SMILES string of the molecule is CC(C)=C(S)C(S)=C(C)C. The second kappa shape index (κ2) is 4.14. The van der Waals surface area contributed by atoms with E-state index in [1.165, 1.54) is 11.1 Å². The minimum absolute atomic E-state index is 0.989. The van der Waals surface area contributed by atoms with Crippen LogP contribution in [-0.2, 0) is 0 Å². The first kappa shape index (κ1) is 10.2. The van der Waals surface area contributed by atoms with Gasteiger partial charge in [-0.3, -0.25) is 0 Å². The lowest BCUT2D eigenvalue weighted by atomic mass is 10.2. The molecule has 0 saturated heterocycles. The van der Waals surface area contributed by atoms with Crippen LogP contribution in [0.4, 0.5) is 0 Å². The van der Waals surface area contributed by atoms with Gasteiger partial charge in [0.1, 0.15) is 0 Å². The molecule has 2 heteroatoms. The highest BCUT2D eigenvalue weighted by Crippen LogP contribution is 2.24. The van der Waals surface area contributed by atoms with E-state index in [4.69, 9.17) is 0 Å². The summed E-state index contributed by atoms with van der Waals surface area (Å²) in [6.45, 7) is 8.12. The van der Waals surface area contributed by atoms with Crippen LogP contribution >= 0.6 is 25.3 Å². The molecular weight excluding hydrogens is 160 g/mol. The van der Waals surface area contributed by atoms with Crippen molar-refractivity contribution in [2.75, 3.05) is 0 Å². The highest BCUT2D eigenvalue weighted by atomic mass is 32.1. The third-order valence-electron chi connectivity index (χ3n) is 1.17. The Morgan fingerprint density at radius 2 is 0.900 bits per heavy atom. The molecule has 0 atom stereocenters. The molecule has 0 bridgehead atoms. The van der Waals surface area contributed by atoms with Crippen LogP contribution in [0, 0.1) is 0 Å². The molecule has 10 heavy (non-hydrogen) atoms. The molecule has 0 heterocycles. The van der Waals surface area contributed by atoms with Gasteiger partial charge in [-0.1, -0.05) is 11.1 Å². The van der Waals surface area contributed by atoms with Crippen molar-refractivity contribution in [2.24, 2.45) is 0 Å². The van der Waals surface area contributed by atoms with Crippen LogP contribution < -0.4 is 0 Å². The lowest BCUT2D eigenvalue weighted by Crippen LogP contribution is -1.80. The molecule has 58 valence electrons. The fourth-order valence-corrected chi connectivity index (χ4v) is 0.921. The Hall–Kier alpha value is 0.180. The van der Waals surface area contributed by atoms with E-state index in [1.807, 2.05) is 27.7 Å². The minimum Gasteiger partial charge on any atom is -0.142 e. The highest BCUT2D eigenvalue weighted by molar-refractivity contribution is 7.90. The summed E-state index contributed by atoms with van der Waals surface area (Å²) >= 11 is 8.61. The van der Waals surface area contributed by atoms with E-state index in [0.29, 0.717) is 0 Å². The van der Waals surface area contributed by atoms with Gasteiger partial charge in [0.25, 0.3) is 0 Å². The summed E-state index contributed by atoms with van der Waals surface area (Å²) in [6, 6.07) is 0. The smallest absolute Gasteiger partial charge is 0.0159 e. The molecule has 0 aliphatic rings. The Bertz CT molecular complexity index is 157. The third kappa shape index (κ3) is 2.84. The second-order valence-corrected chi connectivity index (χ2v) is 3.59. The van der Waals surface area contributed by atoms with Crippen molar-refractivity contribution in [3.8, 4) is 0 Å². The van der Waals surface area contributed by atoms with Crippen molar-refractivity contribution >= 4 is 25.3 Å². The van der Waals surface area contributed by atoms with Crippen molar-refractivity contribution < 1.29 is 0 Å². The molecule has 0 amide bonds. The van der Waals surface area contributed by atoms with Gasteiger partial charge >= 0.3 is 0 Å². The van der Waals surface area contributed by atoms with E-state index in [2.05, 4.69) is 25.3 Å². The summed E-state index contributed by atoms with van der Waals surface area (Å²) in [5.41, 5.74) is 2.41. The molecule has 0 nitrogen and oxygen atoms in total. The van der Waals surface area contributed by atoms with Gasteiger partial charge in [0.15, 0.2) is 0 Å². The maximum absolute atomic E-state index is 4.30. The molecule has 0 rings (SSSR count). The van der Waals surface area contributed by atoms with Crippen LogP contribution in [0.5, 0.6) is 0 Å². The fourth-order valence-electron chi connectivity index (χ4n) is 0.474. The molecule has 0 fully saturated rings. The quantitative estimate of drug-likeness (QED) is 0.441. The molecule has 0 saturated carbocycles. The number of allylic oxidation sites excluding steroid dienone is 2. The normalized spacial score (nSPS) is 9.00. The molecule has 0 aliphatic carbocycles. The van der Waals surface area contributed by atoms with Crippen molar-refractivity contribution in [3.05, 3.63) is 21.0 Å². The van der Waals surface area contributed by atoms with Crippen LogP contribution in [0.2, 0.25) is 0 Å². The fraction of sp³-hybridized carbons (Fsp3) is 0.500. The minimum atomic E-state index is 0.989. The topological polar surface area (TPSA) is 0 Å². The zero-order chi connectivity index (χ0) is 8.31. The monoisotopic (exact) mass is 174 g/mol. The van der Waals surface area contributed by atoms with E-state index in [0.717, 1.165) is 9.81 Å². The summed E-state index contributed by atoms with van der Waals surface area (Å²) in [4.78, 5) is 1.98. The summed E-state index contributed by atoms with van der Waals surface area (Å²) in [6.07, 6.45) is 0. The summed E-state index contributed by atoms with van der Waals surface area (Å²) in [7, 11) is 0. The molecule has 0 unspecified atom stereocenters. The number of thiol groups is 2. The summed E-state index contributed by atoms with van der Waals surface area (Å²) in [5.74, 6) is 0. The maximum atomic E-state index is 4.30. The predicted molar refractivity (Wildman–Crippen MR) is 54.7 cm³/mol. The van der Waals surface area contributed by atoms with Gasteiger partial charge in [-0.2, -0.15) is 0 Å². The van der Waals surface area contributed by atoms with Crippen LogP contribution in [0.25, 0.3) is 0 Å². The zero-order valence-corrected chi connectivity index (χ0v) is 8.68. The summed E-state index contributed by atoms with van der Waals surface area (Å²) in [5, 5.41) is 0. The Balaban J connectivity index is 4.71. The molecule has 0 aromatic heterocycles. The maximum Gasteiger partial charge on any atom is 0.0159 e. The van der Waals surface area contributed by atoms with Crippen molar-refractivity contribution in [1.82, 2.24) is 0 Å². The molecular formula is C8H14S2. The van der Waals surface area contributed by atoms with Gasteiger partial charge < -0.3 is 0 Å². The van der Waals surface area contributed by atoms with E-state index < -0.39 is 0 Å². The molecule has 0 aliphatic heterocycles. The molecule has 0 aromatic carbocycles. The average molecular weight is 174 g/mol. The first-order valence-corrected chi connectivity index (χ1v) is 4.09. The molecule has 0 radical (unpaired) electrons. The summed E-state index contributed by atoms with van der Waals surface area (Å²) < 4.78 is 0. The highest BCUT2D eigenvalue weighted by Gasteiger charge is 1.98. The van der Waals surface area contributed by atoms with Gasteiger partial charge in [-0.15, -0.1) is 25.3 Å².